The van der Waals surface area contributed by atoms with Gasteiger partial charge in [-0.05, 0) is 49.2 Å². The van der Waals surface area contributed by atoms with E-state index >= 15 is 0 Å². The van der Waals surface area contributed by atoms with Crippen molar-refractivity contribution in [2.24, 2.45) is 16.8 Å². The predicted molar refractivity (Wildman–Crippen MR) is 102 cm³/mol. The molecule has 0 amide bonds. The third kappa shape index (κ3) is 4.68. The first-order chi connectivity index (χ1) is 11.3. The first-order valence-corrected chi connectivity index (χ1v) is 8.93. The molecule has 1 N–H and O–H groups in total. The summed E-state index contributed by atoms with van der Waals surface area (Å²) in [5.41, 5.74) is 1.44. The molecule has 1 aliphatic rings. The Balaban J connectivity index is 2.26. The fraction of sp³-hybridized carbons (Fsp3) is 0.471. The number of nitrogens with zero attached hydrogens (tertiary/aromatic N) is 1. The number of aliphatic imine (C=N–C) groups is 1. The Morgan fingerprint density at radius 3 is 2.71 bits per heavy atom. The van der Waals surface area contributed by atoms with Crippen LogP contribution in [0.3, 0.4) is 0 Å². The number of benzene rings is 1. The smallest absolute Gasteiger partial charge is 0.317 e. The van der Waals surface area contributed by atoms with Crippen LogP contribution in [-0.2, 0) is 9.53 Å². The Morgan fingerprint density at radius 1 is 1.38 bits per heavy atom. The van der Waals surface area contributed by atoms with Gasteiger partial charge in [0.15, 0.2) is 5.11 Å². The maximum atomic E-state index is 12.6. The number of thiocarbonyl (C=S) groups is 1. The fourth-order valence-corrected chi connectivity index (χ4v) is 3.07. The molecular weight excluding hydrogens is 367 g/mol. The van der Waals surface area contributed by atoms with Crippen LogP contribution in [0.5, 0.6) is 0 Å². The van der Waals surface area contributed by atoms with Gasteiger partial charge in [-0.15, -0.1) is 0 Å². The van der Waals surface area contributed by atoms with E-state index in [0.29, 0.717) is 33.4 Å². The molecule has 0 radical (unpaired) electrons. The van der Waals surface area contributed by atoms with E-state index in [2.05, 4.69) is 24.2 Å². The summed E-state index contributed by atoms with van der Waals surface area (Å²) < 4.78 is 5.44. The molecule has 7 heteroatoms. The van der Waals surface area contributed by atoms with Gasteiger partial charge in [0, 0.05) is 5.71 Å². The standard InChI is InChI=1S/C17H20Cl2N2O2S/c1-9(2)6-7-23-16(22)14-10(3)20-17(24)21-15(14)11-4-5-12(18)13(19)8-11/h4-5,8-9,14-15H,6-7H2,1-3H3,(H,21,24). The summed E-state index contributed by atoms with van der Waals surface area (Å²) in [6.45, 7) is 6.34. The number of hydrogen-bond donors (Lipinski definition) is 1. The molecule has 2 atom stereocenters. The van der Waals surface area contributed by atoms with Crippen LogP contribution in [0.2, 0.25) is 10.0 Å². The minimum absolute atomic E-state index is 0.317. The van der Waals surface area contributed by atoms with Gasteiger partial charge in [-0.3, -0.25) is 4.79 Å². The first-order valence-electron chi connectivity index (χ1n) is 7.77. The molecule has 2 rings (SSSR count). The maximum absolute atomic E-state index is 12.6. The van der Waals surface area contributed by atoms with Crippen LogP contribution in [0.15, 0.2) is 23.2 Å². The van der Waals surface area contributed by atoms with Gasteiger partial charge in [0.2, 0.25) is 0 Å². The number of ether oxygens (including phenoxy) is 1. The van der Waals surface area contributed by atoms with E-state index < -0.39 is 5.92 Å². The Kier molecular flexibility index (Phi) is 6.61. The van der Waals surface area contributed by atoms with Gasteiger partial charge in [-0.1, -0.05) is 43.1 Å². The van der Waals surface area contributed by atoms with Crippen LogP contribution in [0.1, 0.15) is 38.8 Å². The van der Waals surface area contributed by atoms with Crippen LogP contribution in [0.4, 0.5) is 0 Å². The van der Waals surface area contributed by atoms with Crippen molar-refractivity contribution < 1.29 is 9.53 Å². The molecule has 1 heterocycles. The summed E-state index contributed by atoms with van der Waals surface area (Å²) in [5, 5.41) is 4.31. The summed E-state index contributed by atoms with van der Waals surface area (Å²) in [6, 6.07) is 4.88. The molecule has 1 aliphatic heterocycles. The quantitative estimate of drug-likeness (QED) is 0.593. The molecule has 0 fully saturated rings. The lowest BCUT2D eigenvalue weighted by atomic mass is 9.88. The number of halogens is 2. The van der Waals surface area contributed by atoms with E-state index in [1.165, 1.54) is 0 Å². The van der Waals surface area contributed by atoms with E-state index in [9.17, 15) is 4.79 Å². The molecule has 130 valence electrons. The van der Waals surface area contributed by atoms with E-state index in [1.54, 1.807) is 19.1 Å². The fourth-order valence-electron chi connectivity index (χ4n) is 2.49. The third-order valence-corrected chi connectivity index (χ3v) is 4.78. The Hall–Kier alpha value is -1.17. The van der Waals surface area contributed by atoms with Crippen molar-refractivity contribution in [1.29, 1.82) is 0 Å². The molecule has 24 heavy (non-hydrogen) atoms. The molecule has 0 aromatic heterocycles. The lowest BCUT2D eigenvalue weighted by Crippen LogP contribution is -2.44. The predicted octanol–water partition coefficient (Wildman–Crippen LogP) is 4.59. The van der Waals surface area contributed by atoms with Crippen molar-refractivity contribution in [3.05, 3.63) is 33.8 Å². The van der Waals surface area contributed by atoms with Gasteiger partial charge in [0.05, 0.1) is 22.7 Å². The summed E-state index contributed by atoms with van der Waals surface area (Å²) >= 11 is 17.3. The van der Waals surface area contributed by atoms with Crippen molar-refractivity contribution in [1.82, 2.24) is 5.32 Å². The zero-order chi connectivity index (χ0) is 17.9. The molecule has 0 bridgehead atoms. The highest BCUT2D eigenvalue weighted by Crippen LogP contribution is 2.32. The first kappa shape index (κ1) is 19.2. The zero-order valence-electron chi connectivity index (χ0n) is 13.8. The number of rotatable bonds is 5. The monoisotopic (exact) mass is 386 g/mol. The highest BCUT2D eigenvalue weighted by atomic mass is 35.5. The minimum atomic E-state index is -0.555. The molecular formula is C17H20Cl2N2O2S. The highest BCUT2D eigenvalue weighted by molar-refractivity contribution is 7.80. The highest BCUT2D eigenvalue weighted by Gasteiger charge is 2.37. The van der Waals surface area contributed by atoms with Gasteiger partial charge in [0.1, 0.15) is 5.92 Å². The van der Waals surface area contributed by atoms with Gasteiger partial charge < -0.3 is 10.1 Å². The molecule has 0 aliphatic carbocycles. The average Bonchev–Trinajstić information content (AvgIpc) is 2.48. The molecule has 0 saturated heterocycles. The third-order valence-electron chi connectivity index (χ3n) is 3.84. The second-order valence-electron chi connectivity index (χ2n) is 6.18. The van der Waals surface area contributed by atoms with Crippen LogP contribution in [0.25, 0.3) is 0 Å². The molecule has 0 saturated carbocycles. The van der Waals surface area contributed by atoms with Gasteiger partial charge in [-0.25, -0.2) is 4.99 Å². The average molecular weight is 387 g/mol. The van der Waals surface area contributed by atoms with Crippen molar-refractivity contribution >= 4 is 52.2 Å². The van der Waals surface area contributed by atoms with E-state index in [0.717, 1.165) is 12.0 Å². The maximum Gasteiger partial charge on any atom is 0.317 e. The Bertz CT molecular complexity index is 677. The largest absolute Gasteiger partial charge is 0.465 e. The topological polar surface area (TPSA) is 50.7 Å². The second kappa shape index (κ2) is 8.28. The summed E-state index contributed by atoms with van der Waals surface area (Å²) in [7, 11) is 0. The van der Waals surface area contributed by atoms with E-state index in [-0.39, 0.29) is 12.0 Å². The van der Waals surface area contributed by atoms with E-state index in [1.807, 2.05) is 6.07 Å². The van der Waals surface area contributed by atoms with Gasteiger partial charge in [-0.2, -0.15) is 0 Å². The molecule has 1 aromatic rings. The van der Waals surface area contributed by atoms with Crippen LogP contribution in [-0.4, -0.2) is 23.4 Å². The SMILES string of the molecule is CC1=NC(=S)NC(c2ccc(Cl)c(Cl)c2)C1C(=O)OCCC(C)C. The van der Waals surface area contributed by atoms with Crippen LogP contribution < -0.4 is 5.32 Å². The minimum Gasteiger partial charge on any atom is -0.465 e. The number of carbonyl (C=O) groups excluding carboxylic acids is 1. The second-order valence-corrected chi connectivity index (χ2v) is 7.38. The lowest BCUT2D eigenvalue weighted by Gasteiger charge is -2.31. The van der Waals surface area contributed by atoms with Gasteiger partial charge >= 0.3 is 5.97 Å². The summed E-state index contributed by atoms with van der Waals surface area (Å²) in [4.78, 5) is 16.8. The number of carbonyl (C=O) groups is 1. The van der Waals surface area contributed by atoms with Crippen molar-refractivity contribution in [2.45, 2.75) is 33.2 Å². The Morgan fingerprint density at radius 2 is 2.08 bits per heavy atom. The van der Waals surface area contributed by atoms with Crippen LogP contribution >= 0.6 is 35.4 Å². The van der Waals surface area contributed by atoms with Crippen LogP contribution in [0, 0.1) is 11.8 Å². The molecule has 1 aromatic carbocycles. The zero-order valence-corrected chi connectivity index (χ0v) is 16.1. The normalized spacial score (nSPS) is 20.6. The summed E-state index contributed by atoms with van der Waals surface area (Å²) in [5.74, 6) is -0.403. The summed E-state index contributed by atoms with van der Waals surface area (Å²) in [6.07, 6.45) is 0.817. The molecule has 4 nitrogen and oxygen atoms in total. The van der Waals surface area contributed by atoms with Crippen molar-refractivity contribution in [3.63, 3.8) is 0 Å². The molecule has 0 spiro atoms. The lowest BCUT2D eigenvalue weighted by molar-refractivity contribution is -0.147. The van der Waals surface area contributed by atoms with Crippen molar-refractivity contribution in [2.75, 3.05) is 6.61 Å². The Labute approximate surface area is 157 Å². The molecule has 2 unspecified atom stereocenters. The van der Waals surface area contributed by atoms with Crippen molar-refractivity contribution in [3.8, 4) is 0 Å². The number of nitrogens with one attached hydrogen (secondary N) is 1. The number of hydrogen-bond acceptors (Lipinski definition) is 3. The number of esters is 1. The van der Waals surface area contributed by atoms with E-state index in [4.69, 9.17) is 40.2 Å². The van der Waals surface area contributed by atoms with Gasteiger partial charge in [0.25, 0.3) is 0 Å².